The number of hydrogen-bond acceptors (Lipinski definition) is 2. The lowest BCUT2D eigenvalue weighted by Gasteiger charge is -2.32. The van der Waals surface area contributed by atoms with Gasteiger partial charge in [0.1, 0.15) is 0 Å². The summed E-state index contributed by atoms with van der Waals surface area (Å²) in [4.78, 5) is 22.6. The predicted octanol–water partition coefficient (Wildman–Crippen LogP) is 2.33. The Bertz CT molecular complexity index is 362. The second-order valence-corrected chi connectivity index (χ2v) is 5.37. The van der Waals surface area contributed by atoms with Crippen LogP contribution in [0.15, 0.2) is 0 Å². The zero-order valence-electron chi connectivity index (χ0n) is 10.9. The van der Waals surface area contributed by atoms with Gasteiger partial charge in [-0.1, -0.05) is 6.92 Å². The molecule has 1 fully saturated rings. The van der Waals surface area contributed by atoms with Gasteiger partial charge >= 0.3 is 12.1 Å². The van der Waals surface area contributed by atoms with E-state index >= 15 is 0 Å². The first-order chi connectivity index (χ1) is 8.58. The predicted molar refractivity (Wildman–Crippen MR) is 61.4 cm³/mol. The maximum absolute atomic E-state index is 12.7. The molecule has 110 valence electrons. The highest BCUT2D eigenvalue weighted by Crippen LogP contribution is 2.33. The largest absolute Gasteiger partial charge is 0.479 e. The van der Waals surface area contributed by atoms with Gasteiger partial charge in [-0.25, -0.2) is 4.79 Å². The van der Waals surface area contributed by atoms with Gasteiger partial charge in [0.15, 0.2) is 0 Å². The summed E-state index contributed by atoms with van der Waals surface area (Å²) in [6.07, 6.45) is -2.49. The lowest BCUT2D eigenvalue weighted by Crippen LogP contribution is -2.62. The highest BCUT2D eigenvalue weighted by atomic mass is 19.4. The van der Waals surface area contributed by atoms with Crippen molar-refractivity contribution >= 4 is 11.9 Å². The van der Waals surface area contributed by atoms with Gasteiger partial charge in [-0.15, -0.1) is 0 Å². The van der Waals surface area contributed by atoms with Crippen molar-refractivity contribution in [1.82, 2.24) is 5.32 Å². The minimum Gasteiger partial charge on any atom is -0.479 e. The molecule has 0 spiro atoms. The number of halogens is 3. The van der Waals surface area contributed by atoms with Gasteiger partial charge in [0.05, 0.1) is 0 Å². The highest BCUT2D eigenvalue weighted by Gasteiger charge is 2.58. The van der Waals surface area contributed by atoms with E-state index in [-0.39, 0.29) is 0 Å². The average molecular weight is 281 g/mol. The number of hydrogen-bond donors (Lipinski definition) is 2. The Morgan fingerprint density at radius 2 is 1.63 bits per heavy atom. The zero-order valence-corrected chi connectivity index (χ0v) is 10.9. The third-order valence-electron chi connectivity index (χ3n) is 3.75. The number of carboxylic acid groups (broad SMARTS) is 1. The van der Waals surface area contributed by atoms with Crippen molar-refractivity contribution in [2.24, 2.45) is 11.8 Å². The third-order valence-corrected chi connectivity index (χ3v) is 3.75. The fourth-order valence-electron chi connectivity index (χ4n) is 2.12. The smallest absolute Gasteiger partial charge is 0.422 e. The molecule has 0 aromatic rings. The minimum atomic E-state index is -5.03. The van der Waals surface area contributed by atoms with Crippen LogP contribution in [0.2, 0.25) is 0 Å². The summed E-state index contributed by atoms with van der Waals surface area (Å²) >= 11 is 0. The van der Waals surface area contributed by atoms with Crippen LogP contribution in [0.25, 0.3) is 0 Å². The van der Waals surface area contributed by atoms with Crippen molar-refractivity contribution in [1.29, 1.82) is 0 Å². The Morgan fingerprint density at radius 3 is 2.00 bits per heavy atom. The molecule has 4 nitrogen and oxygen atoms in total. The van der Waals surface area contributed by atoms with Crippen molar-refractivity contribution < 1.29 is 27.9 Å². The molecular formula is C12H18F3NO3. The Kier molecular flexibility index (Phi) is 4.47. The monoisotopic (exact) mass is 281 g/mol. The number of carbonyl (C=O) groups is 2. The van der Waals surface area contributed by atoms with Crippen LogP contribution in [0.3, 0.4) is 0 Å². The van der Waals surface area contributed by atoms with Crippen LogP contribution in [0.1, 0.15) is 39.5 Å². The standard InChI is InChI=1S/C12H18F3NO3/c1-7-3-5-8(6-4-7)9(17)16-11(2,10(18)19)12(13,14)15/h7-8H,3-6H2,1-2H3,(H,16,17)(H,18,19). The van der Waals surface area contributed by atoms with Crippen LogP contribution < -0.4 is 5.32 Å². The van der Waals surface area contributed by atoms with Crippen LogP contribution in [-0.4, -0.2) is 28.7 Å². The summed E-state index contributed by atoms with van der Waals surface area (Å²) in [7, 11) is 0. The molecule has 0 heterocycles. The van der Waals surface area contributed by atoms with E-state index < -0.39 is 29.5 Å². The second kappa shape index (κ2) is 5.38. The van der Waals surface area contributed by atoms with E-state index in [9.17, 15) is 22.8 Å². The van der Waals surface area contributed by atoms with Gasteiger partial charge < -0.3 is 10.4 Å². The van der Waals surface area contributed by atoms with Crippen LogP contribution in [-0.2, 0) is 9.59 Å². The van der Waals surface area contributed by atoms with Gasteiger partial charge in [0.2, 0.25) is 11.4 Å². The van der Waals surface area contributed by atoms with Crippen molar-refractivity contribution in [2.45, 2.75) is 51.2 Å². The van der Waals surface area contributed by atoms with Gasteiger partial charge in [-0.3, -0.25) is 4.79 Å². The molecule has 1 saturated carbocycles. The summed E-state index contributed by atoms with van der Waals surface area (Å²) in [6.45, 7) is 2.49. The van der Waals surface area contributed by atoms with E-state index in [1.807, 2.05) is 6.92 Å². The molecule has 7 heteroatoms. The first kappa shape index (κ1) is 15.8. The maximum Gasteiger partial charge on any atom is 0.422 e. The van der Waals surface area contributed by atoms with Crippen LogP contribution >= 0.6 is 0 Å². The molecule has 0 aliphatic heterocycles. The molecule has 0 aromatic heterocycles. The number of alkyl halides is 3. The first-order valence-corrected chi connectivity index (χ1v) is 6.20. The van der Waals surface area contributed by atoms with Crippen molar-refractivity contribution in [3.63, 3.8) is 0 Å². The van der Waals surface area contributed by atoms with Crippen molar-refractivity contribution in [2.75, 3.05) is 0 Å². The van der Waals surface area contributed by atoms with E-state index in [4.69, 9.17) is 5.11 Å². The molecule has 0 aromatic carbocycles. The SMILES string of the molecule is CC1CCC(C(=O)NC(C)(C(=O)O)C(F)(F)F)CC1. The van der Waals surface area contributed by atoms with Gasteiger partial charge in [0, 0.05) is 5.92 Å². The lowest BCUT2D eigenvalue weighted by atomic mass is 9.82. The number of rotatable bonds is 3. The summed E-state index contributed by atoms with van der Waals surface area (Å²) in [6, 6.07) is 0. The molecule has 0 radical (unpaired) electrons. The Hall–Kier alpha value is -1.27. The quantitative estimate of drug-likeness (QED) is 0.834. The zero-order chi connectivity index (χ0) is 14.8. The Labute approximate surface area is 109 Å². The van der Waals surface area contributed by atoms with Gasteiger partial charge in [0.25, 0.3) is 0 Å². The first-order valence-electron chi connectivity index (χ1n) is 6.20. The number of carboxylic acids is 1. The lowest BCUT2D eigenvalue weighted by molar-refractivity contribution is -0.207. The van der Waals surface area contributed by atoms with Gasteiger partial charge in [-0.2, -0.15) is 13.2 Å². The van der Waals surface area contributed by atoms with Gasteiger partial charge in [-0.05, 0) is 38.5 Å². The number of carbonyl (C=O) groups excluding carboxylic acids is 1. The topological polar surface area (TPSA) is 66.4 Å². The van der Waals surface area contributed by atoms with Crippen LogP contribution in [0, 0.1) is 11.8 Å². The number of amides is 1. The second-order valence-electron chi connectivity index (χ2n) is 5.37. The fourth-order valence-corrected chi connectivity index (χ4v) is 2.12. The third kappa shape index (κ3) is 3.39. The van der Waals surface area contributed by atoms with E-state index in [0.29, 0.717) is 25.7 Å². The van der Waals surface area contributed by atoms with E-state index in [0.717, 1.165) is 12.8 Å². The molecule has 19 heavy (non-hydrogen) atoms. The Morgan fingerprint density at radius 1 is 1.16 bits per heavy atom. The molecule has 1 atom stereocenters. The molecule has 1 rings (SSSR count). The molecule has 1 aliphatic carbocycles. The Balaban J connectivity index is 2.76. The van der Waals surface area contributed by atoms with E-state index in [1.54, 1.807) is 5.32 Å². The minimum absolute atomic E-state index is 0.456. The summed E-state index contributed by atoms with van der Waals surface area (Å²) in [5.41, 5.74) is -3.23. The average Bonchev–Trinajstić information content (AvgIpc) is 2.27. The summed E-state index contributed by atoms with van der Waals surface area (Å²) < 4.78 is 38.2. The summed E-state index contributed by atoms with van der Waals surface area (Å²) in [5, 5.41) is 10.4. The molecular weight excluding hydrogens is 263 g/mol. The molecule has 1 unspecified atom stereocenters. The van der Waals surface area contributed by atoms with Crippen molar-refractivity contribution in [3.05, 3.63) is 0 Å². The van der Waals surface area contributed by atoms with E-state index in [2.05, 4.69) is 0 Å². The molecule has 2 N–H and O–H groups in total. The highest BCUT2D eigenvalue weighted by molar-refractivity contribution is 5.88. The van der Waals surface area contributed by atoms with E-state index in [1.165, 1.54) is 0 Å². The molecule has 1 aliphatic rings. The molecule has 0 saturated heterocycles. The maximum atomic E-state index is 12.7. The summed E-state index contributed by atoms with van der Waals surface area (Å²) in [5.74, 6) is -3.00. The number of aliphatic carboxylic acids is 1. The fraction of sp³-hybridized carbons (Fsp3) is 0.833. The normalized spacial score (nSPS) is 27.4. The van der Waals surface area contributed by atoms with Crippen molar-refractivity contribution in [3.8, 4) is 0 Å². The molecule has 0 bridgehead atoms. The van der Waals surface area contributed by atoms with Crippen LogP contribution in [0.4, 0.5) is 13.2 Å². The molecule has 1 amide bonds. The van der Waals surface area contributed by atoms with Crippen LogP contribution in [0.5, 0.6) is 0 Å². The number of nitrogens with one attached hydrogen (secondary N) is 1.